The first-order chi connectivity index (χ1) is 14.6. The van der Waals surface area contributed by atoms with Gasteiger partial charge in [0.2, 0.25) is 0 Å². The molecule has 1 aliphatic rings. The van der Waals surface area contributed by atoms with Gasteiger partial charge in [-0.2, -0.15) is 0 Å². The highest BCUT2D eigenvalue weighted by Gasteiger charge is 2.21. The number of benzene rings is 1. The Morgan fingerprint density at radius 3 is 2.87 bits per heavy atom. The standard InChI is InChI=1S/C23H31N5OS/c1-3-4-7-18(14-17-15-24-20-9-6-5-8-19(17)20)26-22(29)21-16-25-23(30-21)28-12-10-27(2)11-13-28/h5-6,8-9,15-16,18,24H,3-4,7,10-14H2,1-2H3,(H,26,29). The zero-order valence-corrected chi connectivity index (χ0v) is 18.7. The van der Waals surface area contributed by atoms with E-state index < -0.39 is 0 Å². The summed E-state index contributed by atoms with van der Waals surface area (Å²) in [7, 11) is 2.14. The molecule has 160 valence electrons. The number of rotatable bonds is 8. The largest absolute Gasteiger partial charge is 0.361 e. The van der Waals surface area contributed by atoms with Gasteiger partial charge in [0.25, 0.3) is 5.91 Å². The van der Waals surface area contributed by atoms with Gasteiger partial charge in [0.05, 0.1) is 6.20 Å². The number of nitrogens with one attached hydrogen (secondary N) is 2. The fourth-order valence-electron chi connectivity index (χ4n) is 4.01. The molecule has 1 unspecified atom stereocenters. The normalized spacial score (nSPS) is 16.1. The number of thiazole rings is 1. The molecule has 2 aromatic heterocycles. The zero-order valence-electron chi connectivity index (χ0n) is 17.9. The molecule has 0 saturated carbocycles. The molecule has 2 N–H and O–H groups in total. The first kappa shape index (κ1) is 20.9. The lowest BCUT2D eigenvalue weighted by atomic mass is 10.0. The predicted octanol–water partition coefficient (Wildman–Crippen LogP) is 3.91. The lowest BCUT2D eigenvalue weighted by molar-refractivity contribution is 0.0938. The van der Waals surface area contributed by atoms with Gasteiger partial charge in [-0.05, 0) is 31.5 Å². The highest BCUT2D eigenvalue weighted by molar-refractivity contribution is 7.17. The number of aromatic amines is 1. The molecule has 3 heterocycles. The number of likely N-dealkylation sites (N-methyl/N-ethyl adjacent to an activating group) is 1. The Morgan fingerprint density at radius 2 is 2.07 bits per heavy atom. The van der Waals surface area contributed by atoms with E-state index in [4.69, 9.17) is 0 Å². The summed E-state index contributed by atoms with van der Waals surface area (Å²) in [6.07, 6.45) is 7.84. The lowest BCUT2D eigenvalue weighted by Gasteiger charge is -2.32. The topological polar surface area (TPSA) is 64.3 Å². The first-order valence-electron chi connectivity index (χ1n) is 10.9. The SMILES string of the molecule is CCCCC(Cc1c[nH]c2ccccc12)NC(=O)c1cnc(N2CCN(C)CC2)s1. The highest BCUT2D eigenvalue weighted by Crippen LogP contribution is 2.24. The number of anilines is 1. The second-order valence-corrected chi connectivity index (χ2v) is 9.18. The molecule has 4 rings (SSSR count). The number of nitrogens with zero attached hydrogens (tertiary/aromatic N) is 3. The molecular weight excluding hydrogens is 394 g/mol. The Balaban J connectivity index is 1.43. The van der Waals surface area contributed by atoms with Crippen LogP contribution in [0.15, 0.2) is 36.7 Å². The summed E-state index contributed by atoms with van der Waals surface area (Å²) in [5, 5.41) is 5.48. The Bertz CT molecular complexity index is 973. The Labute approximate surface area is 182 Å². The number of aromatic nitrogens is 2. The molecule has 30 heavy (non-hydrogen) atoms. The zero-order chi connectivity index (χ0) is 20.9. The maximum atomic E-state index is 13.0. The average Bonchev–Trinajstić information content (AvgIpc) is 3.40. The molecular formula is C23H31N5OS. The van der Waals surface area contributed by atoms with Crippen LogP contribution in [0.2, 0.25) is 0 Å². The minimum absolute atomic E-state index is 0.00572. The summed E-state index contributed by atoms with van der Waals surface area (Å²) in [6.45, 7) is 6.18. The molecule has 1 saturated heterocycles. The van der Waals surface area contributed by atoms with Gasteiger partial charge in [0.15, 0.2) is 5.13 Å². The number of piperazine rings is 1. The van der Waals surface area contributed by atoms with Crippen LogP contribution in [0.3, 0.4) is 0 Å². The van der Waals surface area contributed by atoms with Crippen molar-refractivity contribution in [3.63, 3.8) is 0 Å². The van der Waals surface area contributed by atoms with E-state index in [0.29, 0.717) is 4.88 Å². The third-order valence-electron chi connectivity index (χ3n) is 5.87. The lowest BCUT2D eigenvalue weighted by Crippen LogP contribution is -2.44. The molecule has 1 fully saturated rings. The van der Waals surface area contributed by atoms with Crippen molar-refractivity contribution >= 4 is 33.3 Å². The molecule has 7 heteroatoms. The van der Waals surface area contributed by atoms with Crippen molar-refractivity contribution in [2.24, 2.45) is 0 Å². The van der Waals surface area contributed by atoms with Gasteiger partial charge in [-0.1, -0.05) is 49.3 Å². The minimum atomic E-state index is -0.00572. The molecule has 1 aliphatic heterocycles. The van der Waals surface area contributed by atoms with Crippen LogP contribution in [0, 0.1) is 0 Å². The van der Waals surface area contributed by atoms with E-state index in [0.717, 1.165) is 62.5 Å². The van der Waals surface area contributed by atoms with E-state index in [1.807, 2.05) is 6.07 Å². The van der Waals surface area contributed by atoms with Gasteiger partial charge in [-0.3, -0.25) is 4.79 Å². The van der Waals surface area contributed by atoms with Gasteiger partial charge < -0.3 is 20.1 Å². The van der Waals surface area contributed by atoms with E-state index in [9.17, 15) is 4.79 Å². The predicted molar refractivity (Wildman–Crippen MR) is 125 cm³/mol. The van der Waals surface area contributed by atoms with Crippen molar-refractivity contribution < 1.29 is 4.79 Å². The number of amides is 1. The van der Waals surface area contributed by atoms with Crippen LogP contribution in [-0.4, -0.2) is 60.0 Å². The Kier molecular flexibility index (Phi) is 6.69. The van der Waals surface area contributed by atoms with Crippen LogP contribution < -0.4 is 10.2 Å². The van der Waals surface area contributed by atoms with E-state index in [1.165, 1.54) is 22.3 Å². The molecule has 1 aromatic carbocycles. The Hall–Kier alpha value is -2.38. The van der Waals surface area contributed by atoms with Gasteiger partial charge >= 0.3 is 0 Å². The third-order valence-corrected chi connectivity index (χ3v) is 6.93. The van der Waals surface area contributed by atoms with Crippen molar-refractivity contribution in [2.75, 3.05) is 38.1 Å². The van der Waals surface area contributed by atoms with E-state index in [-0.39, 0.29) is 11.9 Å². The Morgan fingerprint density at radius 1 is 1.27 bits per heavy atom. The minimum Gasteiger partial charge on any atom is -0.361 e. The van der Waals surface area contributed by atoms with Crippen molar-refractivity contribution in [1.29, 1.82) is 0 Å². The molecule has 1 atom stereocenters. The summed E-state index contributed by atoms with van der Waals surface area (Å²) in [5.74, 6) is -0.00572. The number of hydrogen-bond acceptors (Lipinski definition) is 5. The molecule has 6 nitrogen and oxygen atoms in total. The van der Waals surface area contributed by atoms with Gasteiger partial charge in [0.1, 0.15) is 4.88 Å². The summed E-state index contributed by atoms with van der Waals surface area (Å²) < 4.78 is 0. The number of unbranched alkanes of at least 4 members (excludes halogenated alkanes) is 1. The molecule has 1 amide bonds. The number of carbonyl (C=O) groups is 1. The first-order valence-corrected chi connectivity index (χ1v) is 11.7. The molecule has 0 aliphatic carbocycles. The summed E-state index contributed by atoms with van der Waals surface area (Å²) in [4.78, 5) is 26.2. The maximum absolute atomic E-state index is 13.0. The van der Waals surface area contributed by atoms with Crippen LogP contribution in [-0.2, 0) is 6.42 Å². The summed E-state index contributed by atoms with van der Waals surface area (Å²) >= 11 is 1.50. The quantitative estimate of drug-likeness (QED) is 0.574. The van der Waals surface area contributed by atoms with E-state index in [2.05, 4.69) is 63.5 Å². The van der Waals surface area contributed by atoms with Gasteiger partial charge in [0, 0.05) is 49.3 Å². The molecule has 0 bridgehead atoms. The fraction of sp³-hybridized carbons (Fsp3) is 0.478. The van der Waals surface area contributed by atoms with Crippen molar-refractivity contribution in [1.82, 2.24) is 20.2 Å². The number of H-pyrrole nitrogens is 1. The van der Waals surface area contributed by atoms with Crippen LogP contribution in [0.1, 0.15) is 41.4 Å². The summed E-state index contributed by atoms with van der Waals surface area (Å²) in [5.41, 5.74) is 2.40. The third kappa shape index (κ3) is 4.84. The number of fused-ring (bicyclic) bond motifs is 1. The smallest absolute Gasteiger partial charge is 0.263 e. The van der Waals surface area contributed by atoms with Crippen LogP contribution in [0.4, 0.5) is 5.13 Å². The fourth-order valence-corrected chi connectivity index (χ4v) is 4.88. The van der Waals surface area contributed by atoms with Gasteiger partial charge in [-0.15, -0.1) is 0 Å². The number of carbonyl (C=O) groups excluding carboxylic acids is 1. The summed E-state index contributed by atoms with van der Waals surface area (Å²) in [6, 6.07) is 8.46. The van der Waals surface area contributed by atoms with E-state index >= 15 is 0 Å². The second kappa shape index (κ2) is 9.62. The number of hydrogen-bond donors (Lipinski definition) is 2. The van der Waals surface area contributed by atoms with E-state index in [1.54, 1.807) is 6.20 Å². The highest BCUT2D eigenvalue weighted by atomic mass is 32.1. The second-order valence-electron chi connectivity index (χ2n) is 8.17. The van der Waals surface area contributed by atoms with Gasteiger partial charge in [-0.25, -0.2) is 4.98 Å². The maximum Gasteiger partial charge on any atom is 0.263 e. The van der Waals surface area contributed by atoms with Crippen molar-refractivity contribution in [2.45, 2.75) is 38.6 Å². The molecule has 0 spiro atoms. The van der Waals surface area contributed by atoms with Crippen LogP contribution >= 0.6 is 11.3 Å². The van der Waals surface area contributed by atoms with Crippen LogP contribution in [0.5, 0.6) is 0 Å². The van der Waals surface area contributed by atoms with Crippen molar-refractivity contribution in [3.8, 4) is 0 Å². The van der Waals surface area contributed by atoms with Crippen molar-refractivity contribution in [3.05, 3.63) is 47.1 Å². The van der Waals surface area contributed by atoms with Crippen LogP contribution in [0.25, 0.3) is 10.9 Å². The molecule has 0 radical (unpaired) electrons. The average molecular weight is 426 g/mol. The monoisotopic (exact) mass is 425 g/mol. The molecule has 3 aromatic rings. The number of para-hydroxylation sites is 1.